The molecule has 2 aromatic rings. The van der Waals surface area contributed by atoms with Gasteiger partial charge in [-0.05, 0) is 26.0 Å². The van der Waals surface area contributed by atoms with Gasteiger partial charge >= 0.3 is 5.97 Å². The van der Waals surface area contributed by atoms with Crippen molar-refractivity contribution in [3.8, 4) is 22.8 Å². The van der Waals surface area contributed by atoms with Crippen molar-refractivity contribution in [2.75, 3.05) is 7.11 Å². The second-order valence-electron chi connectivity index (χ2n) is 4.53. The molecule has 1 heterocycles. The first-order chi connectivity index (χ1) is 9.92. The minimum atomic E-state index is -1.15. The Hall–Kier alpha value is -2.02. The van der Waals surface area contributed by atoms with Crippen LogP contribution in [0.15, 0.2) is 27.2 Å². The highest BCUT2D eigenvalue weighted by molar-refractivity contribution is 9.10. The van der Waals surface area contributed by atoms with E-state index in [1.807, 2.05) is 13.8 Å². The van der Waals surface area contributed by atoms with Gasteiger partial charge in [0.1, 0.15) is 0 Å². The molecule has 2 rings (SSSR count). The quantitative estimate of drug-likeness (QED) is 0.882. The number of methoxy groups -OCH3 is 1. The molecule has 0 aliphatic rings. The fourth-order valence-corrected chi connectivity index (χ4v) is 2.20. The smallest absolute Gasteiger partial charge is 0.358 e. The standard InChI is InChI=1S/C14H14BrNO5/c1-7(2)20-13-9(4-8(15)5-12(13)19-3)11-6-10(14(17)18)16-21-11/h4-7H,1-3H3,(H,17,18). The van der Waals surface area contributed by atoms with Crippen molar-refractivity contribution in [1.82, 2.24) is 5.16 Å². The van der Waals surface area contributed by atoms with Crippen molar-refractivity contribution >= 4 is 21.9 Å². The van der Waals surface area contributed by atoms with Crippen LogP contribution in [0.5, 0.6) is 11.5 Å². The lowest BCUT2D eigenvalue weighted by Crippen LogP contribution is -2.08. The summed E-state index contributed by atoms with van der Waals surface area (Å²) in [4.78, 5) is 10.9. The third-order valence-corrected chi connectivity index (χ3v) is 3.05. The van der Waals surface area contributed by atoms with E-state index in [0.29, 0.717) is 22.8 Å². The predicted octanol–water partition coefficient (Wildman–Crippen LogP) is 3.60. The van der Waals surface area contributed by atoms with Crippen molar-refractivity contribution in [3.63, 3.8) is 0 Å². The Morgan fingerprint density at radius 3 is 2.62 bits per heavy atom. The number of nitrogens with zero attached hydrogens (tertiary/aromatic N) is 1. The van der Waals surface area contributed by atoms with Crippen LogP contribution < -0.4 is 9.47 Å². The highest BCUT2D eigenvalue weighted by Gasteiger charge is 2.20. The summed E-state index contributed by atoms with van der Waals surface area (Å²) in [6.45, 7) is 3.77. The van der Waals surface area contributed by atoms with E-state index in [4.69, 9.17) is 19.1 Å². The van der Waals surface area contributed by atoms with E-state index in [1.165, 1.54) is 13.2 Å². The predicted molar refractivity (Wildman–Crippen MR) is 78.9 cm³/mol. The van der Waals surface area contributed by atoms with Crippen LogP contribution >= 0.6 is 15.9 Å². The number of hydrogen-bond donors (Lipinski definition) is 1. The summed E-state index contributed by atoms with van der Waals surface area (Å²) in [5.74, 6) is 0.131. The van der Waals surface area contributed by atoms with Gasteiger partial charge in [0, 0.05) is 10.5 Å². The lowest BCUT2D eigenvalue weighted by atomic mass is 10.1. The van der Waals surface area contributed by atoms with Gasteiger partial charge < -0.3 is 19.1 Å². The van der Waals surface area contributed by atoms with E-state index < -0.39 is 5.97 Å². The molecule has 21 heavy (non-hydrogen) atoms. The van der Waals surface area contributed by atoms with Gasteiger partial charge in [-0.1, -0.05) is 21.1 Å². The van der Waals surface area contributed by atoms with Gasteiger partial charge in [0.25, 0.3) is 0 Å². The van der Waals surface area contributed by atoms with Crippen molar-refractivity contribution in [1.29, 1.82) is 0 Å². The van der Waals surface area contributed by atoms with E-state index in [1.54, 1.807) is 12.1 Å². The molecule has 112 valence electrons. The van der Waals surface area contributed by atoms with E-state index in [-0.39, 0.29) is 11.8 Å². The van der Waals surface area contributed by atoms with Gasteiger partial charge in [-0.25, -0.2) is 4.79 Å². The molecule has 6 nitrogen and oxygen atoms in total. The zero-order valence-electron chi connectivity index (χ0n) is 11.7. The third kappa shape index (κ3) is 3.36. The number of ether oxygens (including phenoxy) is 2. The van der Waals surface area contributed by atoms with Crippen LogP contribution in [0.4, 0.5) is 0 Å². The fraction of sp³-hybridized carbons (Fsp3) is 0.286. The Balaban J connectivity index is 2.58. The van der Waals surface area contributed by atoms with Crippen LogP contribution in [-0.2, 0) is 0 Å². The summed E-state index contributed by atoms with van der Waals surface area (Å²) >= 11 is 3.37. The summed E-state index contributed by atoms with van der Waals surface area (Å²) in [7, 11) is 1.53. The zero-order valence-corrected chi connectivity index (χ0v) is 13.3. The largest absolute Gasteiger partial charge is 0.493 e. The van der Waals surface area contributed by atoms with Crippen LogP contribution in [0.3, 0.4) is 0 Å². The number of carboxylic acids is 1. The first-order valence-corrected chi connectivity index (χ1v) is 6.96. The molecule has 7 heteroatoms. The molecule has 1 aromatic carbocycles. The summed E-state index contributed by atoms with van der Waals surface area (Å²) in [5, 5.41) is 12.4. The van der Waals surface area contributed by atoms with Crippen molar-refractivity contribution in [2.24, 2.45) is 0 Å². The maximum atomic E-state index is 10.9. The van der Waals surface area contributed by atoms with Crippen molar-refractivity contribution < 1.29 is 23.9 Å². The molecule has 0 aliphatic carbocycles. The maximum Gasteiger partial charge on any atom is 0.358 e. The number of aromatic nitrogens is 1. The molecule has 0 spiro atoms. The Morgan fingerprint density at radius 2 is 2.10 bits per heavy atom. The molecule has 0 bridgehead atoms. The van der Waals surface area contributed by atoms with Crippen molar-refractivity contribution in [3.05, 3.63) is 28.4 Å². The fourth-order valence-electron chi connectivity index (χ4n) is 1.76. The van der Waals surface area contributed by atoms with Crippen LogP contribution in [-0.4, -0.2) is 29.4 Å². The summed E-state index contributed by atoms with van der Waals surface area (Å²) in [5.41, 5.74) is 0.398. The van der Waals surface area contributed by atoms with Gasteiger partial charge in [-0.15, -0.1) is 0 Å². The molecule has 1 N–H and O–H groups in total. The monoisotopic (exact) mass is 355 g/mol. The Morgan fingerprint density at radius 1 is 1.38 bits per heavy atom. The summed E-state index contributed by atoms with van der Waals surface area (Å²) in [6, 6.07) is 4.86. The van der Waals surface area contributed by atoms with Gasteiger partial charge in [-0.3, -0.25) is 0 Å². The molecule has 0 amide bonds. The molecule has 0 saturated heterocycles. The summed E-state index contributed by atoms with van der Waals surface area (Å²) < 4.78 is 16.9. The average Bonchev–Trinajstić information content (AvgIpc) is 2.89. The second-order valence-corrected chi connectivity index (χ2v) is 5.45. The maximum absolute atomic E-state index is 10.9. The van der Waals surface area contributed by atoms with Gasteiger partial charge in [-0.2, -0.15) is 0 Å². The lowest BCUT2D eigenvalue weighted by Gasteiger charge is -2.16. The van der Waals surface area contributed by atoms with E-state index in [2.05, 4.69) is 21.1 Å². The first-order valence-electron chi connectivity index (χ1n) is 6.17. The number of aromatic carboxylic acids is 1. The second kappa shape index (κ2) is 6.17. The van der Waals surface area contributed by atoms with Gasteiger partial charge in [0.15, 0.2) is 23.0 Å². The Bertz CT molecular complexity index is 665. The lowest BCUT2D eigenvalue weighted by molar-refractivity contribution is 0.0686. The van der Waals surface area contributed by atoms with Gasteiger partial charge in [0.05, 0.1) is 18.8 Å². The Labute approximate surface area is 129 Å². The highest BCUT2D eigenvalue weighted by Crippen LogP contribution is 2.41. The molecular formula is C14H14BrNO5. The normalized spacial score (nSPS) is 10.7. The molecule has 0 radical (unpaired) electrons. The molecule has 0 saturated carbocycles. The van der Waals surface area contributed by atoms with E-state index in [0.717, 1.165) is 4.47 Å². The minimum Gasteiger partial charge on any atom is -0.493 e. The molecule has 0 unspecified atom stereocenters. The SMILES string of the molecule is COc1cc(Br)cc(-c2cc(C(=O)O)no2)c1OC(C)C. The van der Waals surface area contributed by atoms with Gasteiger partial charge in [0.2, 0.25) is 0 Å². The Kier molecular flexibility index (Phi) is 4.52. The number of benzene rings is 1. The van der Waals surface area contributed by atoms with Crippen LogP contribution in [0.2, 0.25) is 0 Å². The molecule has 0 aliphatic heterocycles. The summed E-state index contributed by atoms with van der Waals surface area (Å²) in [6.07, 6.45) is -0.0827. The number of rotatable bonds is 5. The minimum absolute atomic E-state index is 0.0827. The molecule has 1 aromatic heterocycles. The van der Waals surface area contributed by atoms with Crippen molar-refractivity contribution in [2.45, 2.75) is 20.0 Å². The average molecular weight is 356 g/mol. The van der Waals surface area contributed by atoms with Crippen LogP contribution in [0.1, 0.15) is 24.3 Å². The molecule has 0 atom stereocenters. The topological polar surface area (TPSA) is 81.8 Å². The highest BCUT2D eigenvalue weighted by atomic mass is 79.9. The first kappa shape index (κ1) is 15.4. The number of carboxylic acid groups (broad SMARTS) is 1. The third-order valence-electron chi connectivity index (χ3n) is 2.59. The van der Waals surface area contributed by atoms with E-state index >= 15 is 0 Å². The number of hydrogen-bond acceptors (Lipinski definition) is 5. The van der Waals surface area contributed by atoms with Crippen LogP contribution in [0.25, 0.3) is 11.3 Å². The number of carbonyl (C=O) groups is 1. The van der Waals surface area contributed by atoms with Crippen LogP contribution in [0, 0.1) is 0 Å². The number of halogens is 1. The van der Waals surface area contributed by atoms with E-state index in [9.17, 15) is 4.79 Å². The molecule has 0 fully saturated rings. The molecular weight excluding hydrogens is 342 g/mol. The zero-order chi connectivity index (χ0) is 15.6.